The molecule has 0 spiro atoms. The summed E-state index contributed by atoms with van der Waals surface area (Å²) in [7, 11) is 1.87. The molecule has 0 saturated carbocycles. The van der Waals surface area contributed by atoms with Gasteiger partial charge in [0.15, 0.2) is 11.0 Å². The maximum absolute atomic E-state index is 12.3. The fourth-order valence-corrected chi connectivity index (χ4v) is 3.19. The van der Waals surface area contributed by atoms with E-state index in [0.717, 1.165) is 22.6 Å². The average Bonchev–Trinajstić information content (AvgIpc) is 3.03. The number of nitrogens with one attached hydrogen (secondary N) is 1. The number of amides is 1. The van der Waals surface area contributed by atoms with E-state index in [-0.39, 0.29) is 11.7 Å². The average molecular weight is 382 g/mol. The molecule has 0 radical (unpaired) electrons. The van der Waals surface area contributed by atoms with Crippen molar-refractivity contribution in [3.8, 4) is 5.75 Å². The van der Waals surface area contributed by atoms with E-state index in [1.807, 2.05) is 74.0 Å². The van der Waals surface area contributed by atoms with Gasteiger partial charge in [-0.15, -0.1) is 10.2 Å². The van der Waals surface area contributed by atoms with Gasteiger partial charge in [0.1, 0.15) is 12.4 Å². The molecule has 1 amide bonds. The van der Waals surface area contributed by atoms with Crippen molar-refractivity contribution in [1.29, 1.82) is 0 Å². The van der Waals surface area contributed by atoms with Crippen LogP contribution in [-0.4, -0.2) is 26.4 Å². The largest absolute Gasteiger partial charge is 0.486 e. The second-order valence-corrected chi connectivity index (χ2v) is 7.09. The fraction of sp³-hybridized carbons (Fsp3) is 0.250. The molecule has 0 fully saturated rings. The van der Waals surface area contributed by atoms with Gasteiger partial charge in [-0.05, 0) is 43.2 Å². The minimum Gasteiger partial charge on any atom is -0.486 e. The van der Waals surface area contributed by atoms with Gasteiger partial charge in [0, 0.05) is 12.7 Å². The first-order chi connectivity index (χ1) is 13.0. The summed E-state index contributed by atoms with van der Waals surface area (Å²) < 4.78 is 7.55. The smallest absolute Gasteiger partial charge is 0.234 e. The lowest BCUT2D eigenvalue weighted by molar-refractivity contribution is -0.113. The minimum absolute atomic E-state index is 0.0706. The number of nitrogens with zero attached hydrogens (tertiary/aromatic N) is 3. The van der Waals surface area contributed by atoms with Gasteiger partial charge in [-0.1, -0.05) is 42.1 Å². The Morgan fingerprint density at radius 3 is 2.67 bits per heavy atom. The molecule has 3 rings (SSSR count). The summed E-state index contributed by atoms with van der Waals surface area (Å²) in [6, 6.07) is 15.4. The molecule has 0 aliphatic heterocycles. The summed E-state index contributed by atoms with van der Waals surface area (Å²) in [5.74, 6) is 1.68. The van der Waals surface area contributed by atoms with Crippen LogP contribution < -0.4 is 10.1 Å². The Morgan fingerprint density at radius 2 is 1.89 bits per heavy atom. The first-order valence-electron chi connectivity index (χ1n) is 8.59. The number of benzene rings is 2. The van der Waals surface area contributed by atoms with Gasteiger partial charge in [0.25, 0.3) is 0 Å². The van der Waals surface area contributed by atoms with E-state index in [9.17, 15) is 4.79 Å². The fourth-order valence-electron chi connectivity index (χ4n) is 2.46. The number of anilines is 1. The molecule has 140 valence electrons. The molecule has 3 aromatic rings. The Bertz CT molecular complexity index is 925. The zero-order valence-corrected chi connectivity index (χ0v) is 16.4. The Morgan fingerprint density at radius 1 is 1.11 bits per heavy atom. The number of carbonyl (C=O) groups is 1. The highest BCUT2D eigenvalue weighted by Crippen LogP contribution is 2.20. The third-order valence-corrected chi connectivity index (χ3v) is 5.27. The van der Waals surface area contributed by atoms with Crippen LogP contribution in [-0.2, 0) is 18.4 Å². The van der Waals surface area contributed by atoms with E-state index in [4.69, 9.17) is 4.74 Å². The van der Waals surface area contributed by atoms with Crippen molar-refractivity contribution in [2.75, 3.05) is 11.1 Å². The second kappa shape index (κ2) is 8.73. The van der Waals surface area contributed by atoms with Crippen LogP contribution in [0.1, 0.15) is 17.0 Å². The molecule has 2 aromatic carbocycles. The lowest BCUT2D eigenvalue weighted by Crippen LogP contribution is -2.15. The third kappa shape index (κ3) is 4.89. The van der Waals surface area contributed by atoms with Gasteiger partial charge in [-0.25, -0.2) is 0 Å². The summed E-state index contributed by atoms with van der Waals surface area (Å²) in [6.07, 6.45) is 0. The van der Waals surface area contributed by atoms with Gasteiger partial charge < -0.3 is 14.6 Å². The van der Waals surface area contributed by atoms with Crippen LogP contribution in [0.15, 0.2) is 53.7 Å². The van der Waals surface area contributed by atoms with E-state index in [1.54, 1.807) is 0 Å². The van der Waals surface area contributed by atoms with Crippen LogP contribution in [0.2, 0.25) is 0 Å². The van der Waals surface area contributed by atoms with Gasteiger partial charge >= 0.3 is 0 Å². The standard InChI is InChI=1S/C20H22N4O2S/c1-14-8-7-11-17(15(14)2)21-19(25)13-27-20-23-22-18(24(20)3)12-26-16-9-5-4-6-10-16/h4-11H,12-13H2,1-3H3,(H,21,25). The summed E-state index contributed by atoms with van der Waals surface area (Å²) in [5.41, 5.74) is 3.07. The second-order valence-electron chi connectivity index (χ2n) is 6.14. The van der Waals surface area contributed by atoms with Gasteiger partial charge in [-0.3, -0.25) is 4.79 Å². The molecule has 1 heterocycles. The first-order valence-corrected chi connectivity index (χ1v) is 9.58. The van der Waals surface area contributed by atoms with Gasteiger partial charge in [0.05, 0.1) is 5.75 Å². The lowest BCUT2D eigenvalue weighted by atomic mass is 10.1. The van der Waals surface area contributed by atoms with Crippen molar-refractivity contribution in [2.45, 2.75) is 25.6 Å². The first kappa shape index (κ1) is 19.0. The summed E-state index contributed by atoms with van der Waals surface area (Å²) >= 11 is 1.35. The van der Waals surface area contributed by atoms with Crippen molar-refractivity contribution >= 4 is 23.4 Å². The maximum atomic E-state index is 12.3. The summed E-state index contributed by atoms with van der Waals surface area (Å²) in [6.45, 7) is 4.35. The van der Waals surface area contributed by atoms with Crippen LogP contribution in [0.25, 0.3) is 0 Å². The van der Waals surface area contributed by atoms with E-state index in [0.29, 0.717) is 17.6 Å². The number of aromatic nitrogens is 3. The van der Waals surface area contributed by atoms with Crippen LogP contribution in [0.5, 0.6) is 5.75 Å². The van der Waals surface area contributed by atoms with Crippen LogP contribution in [0, 0.1) is 13.8 Å². The molecule has 0 saturated heterocycles. The van der Waals surface area contributed by atoms with Crippen molar-refractivity contribution in [3.05, 3.63) is 65.5 Å². The van der Waals surface area contributed by atoms with Crippen LogP contribution >= 0.6 is 11.8 Å². The predicted octanol–water partition coefficient (Wildman–Crippen LogP) is 3.74. The normalized spacial score (nSPS) is 10.6. The van der Waals surface area contributed by atoms with Crippen molar-refractivity contribution in [1.82, 2.24) is 14.8 Å². The SMILES string of the molecule is Cc1cccc(NC(=O)CSc2nnc(COc3ccccc3)n2C)c1C. The Labute approximate surface area is 163 Å². The van der Waals surface area contributed by atoms with Gasteiger partial charge in [-0.2, -0.15) is 0 Å². The molecule has 1 aromatic heterocycles. The molecule has 0 atom stereocenters. The molecule has 27 heavy (non-hydrogen) atoms. The van der Waals surface area contributed by atoms with Crippen LogP contribution in [0.4, 0.5) is 5.69 Å². The molecule has 6 nitrogen and oxygen atoms in total. The highest BCUT2D eigenvalue weighted by Gasteiger charge is 2.13. The number of carbonyl (C=O) groups excluding carboxylic acids is 1. The Kier molecular flexibility index (Phi) is 6.13. The number of thioether (sulfide) groups is 1. The predicted molar refractivity (Wildman–Crippen MR) is 107 cm³/mol. The molecule has 0 bridgehead atoms. The molecule has 0 unspecified atom stereocenters. The number of hydrogen-bond donors (Lipinski definition) is 1. The zero-order chi connectivity index (χ0) is 19.2. The Balaban J connectivity index is 1.54. The molecule has 0 aliphatic rings. The topological polar surface area (TPSA) is 69.0 Å². The number of para-hydroxylation sites is 1. The molecular weight excluding hydrogens is 360 g/mol. The van der Waals surface area contributed by atoms with E-state index < -0.39 is 0 Å². The van der Waals surface area contributed by atoms with Crippen molar-refractivity contribution in [3.63, 3.8) is 0 Å². The zero-order valence-electron chi connectivity index (χ0n) is 15.6. The Hall–Kier alpha value is -2.80. The number of ether oxygens (including phenoxy) is 1. The summed E-state index contributed by atoms with van der Waals surface area (Å²) in [5, 5.41) is 11.9. The molecular formula is C20H22N4O2S. The van der Waals surface area contributed by atoms with Crippen molar-refractivity contribution in [2.24, 2.45) is 7.05 Å². The van der Waals surface area contributed by atoms with E-state index >= 15 is 0 Å². The lowest BCUT2D eigenvalue weighted by Gasteiger charge is -2.10. The molecule has 1 N–H and O–H groups in total. The highest BCUT2D eigenvalue weighted by molar-refractivity contribution is 7.99. The quantitative estimate of drug-likeness (QED) is 0.631. The maximum Gasteiger partial charge on any atom is 0.234 e. The third-order valence-electron chi connectivity index (χ3n) is 4.25. The number of aryl methyl sites for hydroxylation is 1. The molecule has 0 aliphatic carbocycles. The molecule has 7 heteroatoms. The summed E-state index contributed by atoms with van der Waals surface area (Å²) in [4.78, 5) is 12.3. The monoisotopic (exact) mass is 382 g/mol. The van der Waals surface area contributed by atoms with E-state index in [1.165, 1.54) is 11.8 Å². The highest BCUT2D eigenvalue weighted by atomic mass is 32.2. The van der Waals surface area contributed by atoms with Crippen LogP contribution in [0.3, 0.4) is 0 Å². The number of hydrogen-bond acceptors (Lipinski definition) is 5. The number of rotatable bonds is 7. The van der Waals surface area contributed by atoms with Gasteiger partial charge in [0.2, 0.25) is 5.91 Å². The van der Waals surface area contributed by atoms with E-state index in [2.05, 4.69) is 15.5 Å². The minimum atomic E-state index is -0.0706. The van der Waals surface area contributed by atoms with Crippen molar-refractivity contribution < 1.29 is 9.53 Å².